The normalized spacial score (nSPS) is 12.3. The van der Waals surface area contributed by atoms with Crippen molar-refractivity contribution in [1.29, 1.82) is 0 Å². The summed E-state index contributed by atoms with van der Waals surface area (Å²) in [4.78, 5) is 21.0. The van der Waals surface area contributed by atoms with E-state index in [0.29, 0.717) is 0 Å². The second kappa shape index (κ2) is 3.25. The van der Waals surface area contributed by atoms with Crippen molar-refractivity contribution in [2.45, 2.75) is 20.0 Å². The van der Waals surface area contributed by atoms with Gasteiger partial charge >= 0.3 is 0 Å². The molecule has 0 amide bonds. The fourth-order valence-electron chi connectivity index (χ4n) is 0.414. The van der Waals surface area contributed by atoms with Crippen molar-refractivity contribution in [3.8, 4) is 0 Å². The lowest BCUT2D eigenvalue weighted by molar-refractivity contribution is -0.123. The van der Waals surface area contributed by atoms with Gasteiger partial charge < -0.3 is 0 Å². The van der Waals surface area contributed by atoms with Gasteiger partial charge in [-0.2, -0.15) is 0 Å². The molecule has 0 fully saturated rings. The lowest BCUT2D eigenvalue weighted by Crippen LogP contribution is -2.17. The summed E-state index contributed by atoms with van der Waals surface area (Å²) in [5.41, 5.74) is -0.269. The average molecular weight is 144 g/mol. The Morgan fingerprint density at radius 3 is 2.00 bits per heavy atom. The van der Waals surface area contributed by atoms with Crippen LogP contribution in [0.15, 0.2) is 12.2 Å². The van der Waals surface area contributed by atoms with Crippen molar-refractivity contribution in [3.63, 3.8) is 0 Å². The van der Waals surface area contributed by atoms with E-state index >= 15 is 0 Å². The highest BCUT2D eigenvalue weighted by Gasteiger charge is 2.17. The van der Waals surface area contributed by atoms with Crippen LogP contribution in [0.1, 0.15) is 13.8 Å². The molecule has 0 rings (SSSR count). The Morgan fingerprint density at radius 1 is 1.50 bits per heavy atom. The van der Waals surface area contributed by atoms with E-state index in [1.807, 2.05) is 0 Å². The third kappa shape index (κ3) is 2.09. The Kier molecular flexibility index (Phi) is 2.93. The first-order chi connectivity index (χ1) is 4.46. The van der Waals surface area contributed by atoms with E-state index in [4.69, 9.17) is 0 Å². The molecular formula is C7H9FO2. The Bertz CT molecular complexity index is 182. The van der Waals surface area contributed by atoms with Crippen LogP contribution in [0.2, 0.25) is 0 Å². The van der Waals surface area contributed by atoms with Crippen LogP contribution < -0.4 is 0 Å². The number of halogens is 1. The molecule has 0 bridgehead atoms. The maximum atomic E-state index is 12.1. The molecule has 0 spiro atoms. The van der Waals surface area contributed by atoms with Crippen molar-refractivity contribution in [1.82, 2.24) is 0 Å². The number of carbonyl (C=O) groups excluding carboxylic acids is 2. The van der Waals surface area contributed by atoms with Gasteiger partial charge in [0.05, 0.1) is 5.57 Å². The maximum absolute atomic E-state index is 12.1. The number of alkyl halides is 1. The highest BCUT2D eigenvalue weighted by molar-refractivity contribution is 6.20. The third-order valence-corrected chi connectivity index (χ3v) is 1.08. The summed E-state index contributed by atoms with van der Waals surface area (Å²) in [6.07, 6.45) is -1.63. The highest BCUT2D eigenvalue weighted by Crippen LogP contribution is 2.01. The first-order valence-electron chi connectivity index (χ1n) is 2.85. The van der Waals surface area contributed by atoms with Gasteiger partial charge in [-0.25, -0.2) is 4.39 Å². The van der Waals surface area contributed by atoms with Crippen molar-refractivity contribution in [2.75, 3.05) is 0 Å². The predicted molar refractivity (Wildman–Crippen MR) is 35.4 cm³/mol. The van der Waals surface area contributed by atoms with Gasteiger partial charge in [0.2, 0.25) is 0 Å². The number of hydrogen-bond donors (Lipinski definition) is 0. The molecule has 10 heavy (non-hydrogen) atoms. The molecule has 0 saturated heterocycles. The fourth-order valence-corrected chi connectivity index (χ4v) is 0.414. The Labute approximate surface area is 58.7 Å². The molecule has 0 aliphatic heterocycles. The summed E-state index contributed by atoms with van der Waals surface area (Å²) >= 11 is 0. The molecule has 0 aromatic heterocycles. The van der Waals surface area contributed by atoms with Crippen molar-refractivity contribution < 1.29 is 14.0 Å². The fraction of sp³-hybridized carbons (Fsp3) is 0.429. The smallest absolute Gasteiger partial charge is 0.199 e. The number of allylic oxidation sites excluding steroid dienone is 1. The number of hydrogen-bond acceptors (Lipinski definition) is 2. The molecule has 2 nitrogen and oxygen atoms in total. The lowest BCUT2D eigenvalue weighted by atomic mass is 10.1. The van der Waals surface area contributed by atoms with Gasteiger partial charge in [-0.3, -0.25) is 9.59 Å². The largest absolute Gasteiger partial charge is 0.294 e. The SMILES string of the molecule is C=C(C(C)=O)C(=O)C(C)F. The van der Waals surface area contributed by atoms with Crippen LogP contribution in [0.5, 0.6) is 0 Å². The van der Waals surface area contributed by atoms with Crippen LogP contribution in [0.3, 0.4) is 0 Å². The van der Waals surface area contributed by atoms with Crippen molar-refractivity contribution in [3.05, 3.63) is 12.2 Å². The summed E-state index contributed by atoms with van der Waals surface area (Å²) in [7, 11) is 0. The zero-order valence-electron chi connectivity index (χ0n) is 5.98. The summed E-state index contributed by atoms with van der Waals surface area (Å²) in [5, 5.41) is 0. The van der Waals surface area contributed by atoms with E-state index in [0.717, 1.165) is 6.92 Å². The van der Waals surface area contributed by atoms with E-state index in [1.54, 1.807) is 0 Å². The molecule has 56 valence electrons. The minimum absolute atomic E-state index is 0.269. The molecule has 0 aromatic carbocycles. The molecular weight excluding hydrogens is 135 g/mol. The maximum Gasteiger partial charge on any atom is 0.199 e. The Balaban J connectivity index is 4.24. The molecule has 0 saturated carbocycles. The van der Waals surface area contributed by atoms with Crippen LogP contribution in [0.4, 0.5) is 4.39 Å². The van der Waals surface area contributed by atoms with Crippen LogP contribution in [-0.4, -0.2) is 17.7 Å². The summed E-state index contributed by atoms with van der Waals surface area (Å²) < 4.78 is 12.1. The van der Waals surface area contributed by atoms with Gasteiger partial charge in [-0.05, 0) is 13.8 Å². The standard InChI is InChI=1S/C7H9FO2/c1-4(6(3)9)7(10)5(2)8/h5H,1H2,2-3H3. The predicted octanol–water partition coefficient (Wildman–Crippen LogP) is 1.06. The van der Waals surface area contributed by atoms with Gasteiger partial charge in [-0.15, -0.1) is 0 Å². The van der Waals surface area contributed by atoms with Gasteiger partial charge in [0, 0.05) is 0 Å². The molecule has 0 heterocycles. The molecule has 0 N–H and O–H groups in total. The van der Waals surface area contributed by atoms with E-state index in [2.05, 4.69) is 6.58 Å². The second-order valence-corrected chi connectivity index (χ2v) is 2.01. The second-order valence-electron chi connectivity index (χ2n) is 2.01. The van der Waals surface area contributed by atoms with Gasteiger partial charge in [-0.1, -0.05) is 6.58 Å². The van der Waals surface area contributed by atoms with Gasteiger partial charge in [0.25, 0.3) is 0 Å². The quantitative estimate of drug-likeness (QED) is 0.337. The molecule has 3 heteroatoms. The lowest BCUT2D eigenvalue weighted by Gasteiger charge is -1.99. The first kappa shape index (κ1) is 9.01. The monoisotopic (exact) mass is 144 g/mol. The molecule has 0 aliphatic rings. The molecule has 0 aromatic rings. The van der Waals surface area contributed by atoms with E-state index in [1.165, 1.54) is 6.92 Å². The zero-order chi connectivity index (χ0) is 8.31. The molecule has 1 atom stereocenters. The van der Waals surface area contributed by atoms with Crippen LogP contribution in [-0.2, 0) is 9.59 Å². The van der Waals surface area contributed by atoms with Gasteiger partial charge in [0.15, 0.2) is 17.7 Å². The molecule has 1 unspecified atom stereocenters. The summed E-state index contributed by atoms with van der Waals surface area (Å²) in [6.45, 7) is 5.40. The highest BCUT2D eigenvalue weighted by atomic mass is 19.1. The number of rotatable bonds is 3. The Morgan fingerprint density at radius 2 is 1.90 bits per heavy atom. The van der Waals surface area contributed by atoms with Gasteiger partial charge in [0.1, 0.15) is 0 Å². The zero-order valence-corrected chi connectivity index (χ0v) is 5.98. The van der Waals surface area contributed by atoms with E-state index in [9.17, 15) is 14.0 Å². The topological polar surface area (TPSA) is 34.1 Å². The number of Topliss-reactive ketones (excluding diaryl/α,β-unsaturated/α-hetero) is 2. The first-order valence-corrected chi connectivity index (χ1v) is 2.85. The Hall–Kier alpha value is -0.990. The number of ketones is 2. The molecule has 0 aliphatic carbocycles. The average Bonchev–Trinajstić information content (AvgIpc) is 1.84. The third-order valence-electron chi connectivity index (χ3n) is 1.08. The summed E-state index contributed by atoms with van der Waals surface area (Å²) in [6, 6.07) is 0. The van der Waals surface area contributed by atoms with Crippen LogP contribution in [0, 0.1) is 0 Å². The van der Waals surface area contributed by atoms with E-state index in [-0.39, 0.29) is 5.57 Å². The minimum Gasteiger partial charge on any atom is -0.294 e. The molecule has 0 radical (unpaired) electrons. The van der Waals surface area contributed by atoms with Crippen molar-refractivity contribution >= 4 is 11.6 Å². The van der Waals surface area contributed by atoms with E-state index < -0.39 is 17.7 Å². The van der Waals surface area contributed by atoms with Crippen LogP contribution in [0.25, 0.3) is 0 Å². The van der Waals surface area contributed by atoms with Crippen LogP contribution >= 0.6 is 0 Å². The summed E-state index contributed by atoms with van der Waals surface area (Å²) in [5.74, 6) is -1.30. The minimum atomic E-state index is -1.63. The number of carbonyl (C=O) groups is 2. The van der Waals surface area contributed by atoms with Crippen molar-refractivity contribution in [2.24, 2.45) is 0 Å².